The Hall–Kier alpha value is -2.41. The summed E-state index contributed by atoms with van der Waals surface area (Å²) < 4.78 is 0. The Labute approximate surface area is 144 Å². The predicted octanol–water partition coefficient (Wildman–Crippen LogP) is 3.39. The summed E-state index contributed by atoms with van der Waals surface area (Å²) >= 11 is 0. The quantitative estimate of drug-likeness (QED) is 0.847. The summed E-state index contributed by atoms with van der Waals surface area (Å²) in [7, 11) is 0. The van der Waals surface area contributed by atoms with E-state index < -0.39 is 0 Å². The van der Waals surface area contributed by atoms with Crippen LogP contribution >= 0.6 is 0 Å². The minimum absolute atomic E-state index is 0.747. The van der Waals surface area contributed by atoms with Crippen LogP contribution in [0.5, 0.6) is 0 Å². The van der Waals surface area contributed by atoms with E-state index in [4.69, 9.17) is 5.26 Å². The van der Waals surface area contributed by atoms with Crippen molar-refractivity contribution in [2.45, 2.75) is 6.54 Å². The highest BCUT2D eigenvalue weighted by molar-refractivity contribution is 5.48. The van der Waals surface area contributed by atoms with Crippen LogP contribution in [-0.4, -0.2) is 42.5 Å². The highest BCUT2D eigenvalue weighted by atomic mass is 15.3. The second kappa shape index (κ2) is 8.44. The molecule has 0 saturated carbocycles. The lowest BCUT2D eigenvalue weighted by molar-refractivity contribution is 0.137. The van der Waals surface area contributed by atoms with Crippen molar-refractivity contribution in [2.24, 2.45) is 0 Å². The third-order valence-electron chi connectivity index (χ3n) is 4.40. The Morgan fingerprint density at radius 1 is 0.917 bits per heavy atom. The average molecular weight is 317 g/mol. The fourth-order valence-electron chi connectivity index (χ4n) is 3.03. The van der Waals surface area contributed by atoms with Gasteiger partial charge in [-0.15, -0.1) is 0 Å². The maximum Gasteiger partial charge on any atom is 0.0991 e. The standard InChI is InChI=1S/C21H23N3/c22-17-20-8-4-9-21(16-20)18-24-14-12-23(13-15-24)11-5-10-19-6-2-1-3-7-19/h1-10,16H,11-15,18H2/b10-5+. The van der Waals surface area contributed by atoms with E-state index in [9.17, 15) is 0 Å². The number of benzene rings is 2. The van der Waals surface area contributed by atoms with Crippen molar-refractivity contribution in [1.82, 2.24) is 9.80 Å². The fraction of sp³-hybridized carbons (Fsp3) is 0.286. The van der Waals surface area contributed by atoms with Gasteiger partial charge in [0.2, 0.25) is 0 Å². The molecule has 3 rings (SSSR count). The van der Waals surface area contributed by atoms with Crippen LogP contribution in [0.3, 0.4) is 0 Å². The second-order valence-electron chi connectivity index (χ2n) is 6.20. The SMILES string of the molecule is N#Cc1cccc(CN2CCN(C/C=C/c3ccccc3)CC2)c1. The molecule has 0 amide bonds. The van der Waals surface area contributed by atoms with E-state index in [1.165, 1.54) is 11.1 Å². The Balaban J connectivity index is 1.44. The maximum absolute atomic E-state index is 8.99. The van der Waals surface area contributed by atoms with E-state index in [0.717, 1.165) is 44.8 Å². The second-order valence-corrected chi connectivity index (χ2v) is 6.20. The van der Waals surface area contributed by atoms with E-state index in [2.05, 4.69) is 58.4 Å². The van der Waals surface area contributed by atoms with Crippen LogP contribution in [0.4, 0.5) is 0 Å². The van der Waals surface area contributed by atoms with Crippen molar-refractivity contribution in [3.8, 4) is 6.07 Å². The van der Waals surface area contributed by atoms with Gasteiger partial charge in [-0.3, -0.25) is 9.80 Å². The van der Waals surface area contributed by atoms with Gasteiger partial charge in [-0.2, -0.15) is 5.26 Å². The lowest BCUT2D eigenvalue weighted by atomic mass is 10.1. The van der Waals surface area contributed by atoms with Gasteiger partial charge in [0.15, 0.2) is 0 Å². The molecule has 1 aliphatic rings. The Morgan fingerprint density at radius 3 is 2.42 bits per heavy atom. The molecular weight excluding hydrogens is 294 g/mol. The van der Waals surface area contributed by atoms with Gasteiger partial charge in [-0.05, 0) is 23.3 Å². The lowest BCUT2D eigenvalue weighted by Gasteiger charge is -2.34. The molecule has 24 heavy (non-hydrogen) atoms. The molecule has 0 N–H and O–H groups in total. The molecule has 0 aliphatic carbocycles. The number of hydrogen-bond acceptors (Lipinski definition) is 3. The maximum atomic E-state index is 8.99. The van der Waals surface area contributed by atoms with Gasteiger partial charge in [-0.25, -0.2) is 0 Å². The van der Waals surface area contributed by atoms with Crippen molar-refractivity contribution in [3.63, 3.8) is 0 Å². The largest absolute Gasteiger partial charge is 0.297 e. The monoisotopic (exact) mass is 317 g/mol. The van der Waals surface area contributed by atoms with Crippen LogP contribution in [-0.2, 0) is 6.54 Å². The molecule has 2 aromatic rings. The molecule has 3 heteroatoms. The van der Waals surface area contributed by atoms with E-state index in [1.54, 1.807) is 0 Å². The van der Waals surface area contributed by atoms with Crippen LogP contribution in [0.15, 0.2) is 60.7 Å². The molecule has 1 saturated heterocycles. The van der Waals surface area contributed by atoms with Gasteiger partial charge >= 0.3 is 0 Å². The topological polar surface area (TPSA) is 30.3 Å². The van der Waals surface area contributed by atoms with Crippen molar-refractivity contribution in [1.29, 1.82) is 5.26 Å². The van der Waals surface area contributed by atoms with Crippen LogP contribution < -0.4 is 0 Å². The van der Waals surface area contributed by atoms with E-state index in [1.807, 2.05) is 24.3 Å². The number of hydrogen-bond donors (Lipinski definition) is 0. The molecule has 1 heterocycles. The van der Waals surface area contributed by atoms with Gasteiger partial charge < -0.3 is 0 Å². The normalized spacial score (nSPS) is 16.3. The number of rotatable bonds is 5. The molecule has 122 valence electrons. The van der Waals surface area contributed by atoms with Crippen molar-refractivity contribution in [3.05, 3.63) is 77.4 Å². The van der Waals surface area contributed by atoms with Crippen molar-refractivity contribution < 1.29 is 0 Å². The van der Waals surface area contributed by atoms with E-state index >= 15 is 0 Å². The first-order valence-corrected chi connectivity index (χ1v) is 8.49. The molecule has 1 fully saturated rings. The third-order valence-corrected chi connectivity index (χ3v) is 4.40. The summed E-state index contributed by atoms with van der Waals surface area (Å²) in [4.78, 5) is 4.95. The molecule has 2 aromatic carbocycles. The molecular formula is C21H23N3. The van der Waals surface area contributed by atoms with Gasteiger partial charge in [0.05, 0.1) is 11.6 Å². The van der Waals surface area contributed by atoms with Gasteiger partial charge in [0, 0.05) is 39.3 Å². The first kappa shape index (κ1) is 16.4. The van der Waals surface area contributed by atoms with E-state index in [0.29, 0.717) is 0 Å². The van der Waals surface area contributed by atoms with Crippen molar-refractivity contribution >= 4 is 6.08 Å². The lowest BCUT2D eigenvalue weighted by Crippen LogP contribution is -2.45. The minimum Gasteiger partial charge on any atom is -0.297 e. The number of piperazine rings is 1. The summed E-state index contributed by atoms with van der Waals surface area (Å²) in [5.41, 5.74) is 3.23. The third kappa shape index (κ3) is 4.79. The highest BCUT2D eigenvalue weighted by Gasteiger charge is 2.15. The zero-order valence-corrected chi connectivity index (χ0v) is 13.9. The molecule has 0 aromatic heterocycles. The molecule has 0 atom stereocenters. The molecule has 0 unspecified atom stereocenters. The predicted molar refractivity (Wildman–Crippen MR) is 98.4 cm³/mol. The summed E-state index contributed by atoms with van der Waals surface area (Å²) in [5, 5.41) is 8.99. The molecule has 3 nitrogen and oxygen atoms in total. The van der Waals surface area contributed by atoms with E-state index in [-0.39, 0.29) is 0 Å². The molecule has 1 aliphatic heterocycles. The van der Waals surface area contributed by atoms with Gasteiger partial charge in [-0.1, -0.05) is 54.6 Å². The highest BCUT2D eigenvalue weighted by Crippen LogP contribution is 2.11. The first-order chi connectivity index (χ1) is 11.8. The summed E-state index contributed by atoms with van der Waals surface area (Å²) in [6, 6.07) is 20.6. The summed E-state index contributed by atoms with van der Waals surface area (Å²) in [5.74, 6) is 0. The first-order valence-electron chi connectivity index (χ1n) is 8.49. The van der Waals surface area contributed by atoms with Crippen molar-refractivity contribution in [2.75, 3.05) is 32.7 Å². The minimum atomic E-state index is 0.747. The Morgan fingerprint density at radius 2 is 1.67 bits per heavy atom. The Kier molecular flexibility index (Phi) is 5.79. The summed E-state index contributed by atoms with van der Waals surface area (Å²) in [6.45, 7) is 6.29. The zero-order valence-electron chi connectivity index (χ0n) is 13.9. The zero-order chi connectivity index (χ0) is 16.6. The summed E-state index contributed by atoms with van der Waals surface area (Å²) in [6.07, 6.45) is 4.45. The Bertz CT molecular complexity index is 707. The molecule has 0 spiro atoms. The van der Waals surface area contributed by atoms with Crippen LogP contribution in [0.25, 0.3) is 6.08 Å². The molecule has 0 radical (unpaired) electrons. The number of nitrogens with zero attached hydrogens (tertiary/aromatic N) is 3. The smallest absolute Gasteiger partial charge is 0.0991 e. The average Bonchev–Trinajstić information content (AvgIpc) is 2.64. The van der Waals surface area contributed by atoms with Crippen LogP contribution in [0.2, 0.25) is 0 Å². The van der Waals surface area contributed by atoms with Gasteiger partial charge in [0.25, 0.3) is 0 Å². The van der Waals surface area contributed by atoms with Crippen LogP contribution in [0.1, 0.15) is 16.7 Å². The fourth-order valence-corrected chi connectivity index (χ4v) is 3.03. The van der Waals surface area contributed by atoms with Crippen LogP contribution in [0, 0.1) is 11.3 Å². The molecule has 0 bridgehead atoms. The number of nitriles is 1. The van der Waals surface area contributed by atoms with Gasteiger partial charge in [0.1, 0.15) is 0 Å².